The third kappa shape index (κ3) is 4.02. The second-order valence-electron chi connectivity index (χ2n) is 6.67. The van der Waals surface area contributed by atoms with Crippen LogP contribution in [0, 0.1) is 13.8 Å². The smallest absolute Gasteiger partial charge is 0.243 e. The lowest BCUT2D eigenvalue weighted by Gasteiger charge is -2.31. The van der Waals surface area contributed by atoms with E-state index in [1.165, 1.54) is 5.56 Å². The van der Waals surface area contributed by atoms with Gasteiger partial charge in [-0.15, -0.1) is 0 Å². The summed E-state index contributed by atoms with van der Waals surface area (Å²) in [5.74, 6) is 1.52. The summed E-state index contributed by atoms with van der Waals surface area (Å²) in [6.45, 7) is 4.81. The largest absolute Gasteiger partial charge is 0.496 e. The lowest BCUT2D eigenvalue weighted by Crippen LogP contribution is -2.41. The first kappa shape index (κ1) is 18.7. The summed E-state index contributed by atoms with van der Waals surface area (Å²) in [5.41, 5.74) is 2.00. The van der Waals surface area contributed by atoms with Gasteiger partial charge in [-0.2, -0.15) is 4.31 Å². The minimum absolute atomic E-state index is 0.0433. The zero-order valence-corrected chi connectivity index (χ0v) is 16.3. The first-order chi connectivity index (χ1) is 12.4. The molecule has 0 N–H and O–H groups in total. The fourth-order valence-electron chi connectivity index (χ4n) is 3.16. The number of hydrogen-bond donors (Lipinski definition) is 0. The Kier molecular flexibility index (Phi) is 5.53. The maximum atomic E-state index is 12.9. The second-order valence-corrected chi connectivity index (χ2v) is 8.60. The second kappa shape index (κ2) is 7.68. The molecule has 1 saturated heterocycles. The molecule has 2 aromatic rings. The molecule has 1 heterocycles. The van der Waals surface area contributed by atoms with Crippen LogP contribution >= 0.6 is 0 Å². The Morgan fingerprint density at radius 1 is 1.00 bits per heavy atom. The molecule has 3 rings (SSSR count). The van der Waals surface area contributed by atoms with Crippen LogP contribution in [0.2, 0.25) is 0 Å². The van der Waals surface area contributed by atoms with E-state index in [9.17, 15) is 8.42 Å². The van der Waals surface area contributed by atoms with Gasteiger partial charge < -0.3 is 9.47 Å². The number of methoxy groups -OCH3 is 1. The summed E-state index contributed by atoms with van der Waals surface area (Å²) in [6, 6.07) is 12.9. The predicted molar refractivity (Wildman–Crippen MR) is 101 cm³/mol. The van der Waals surface area contributed by atoms with Crippen molar-refractivity contribution in [3.05, 3.63) is 53.6 Å². The fraction of sp³-hybridized carbons (Fsp3) is 0.400. The van der Waals surface area contributed by atoms with Crippen LogP contribution in [-0.2, 0) is 10.0 Å². The number of benzene rings is 2. The highest BCUT2D eigenvalue weighted by Crippen LogP contribution is 2.27. The van der Waals surface area contributed by atoms with Gasteiger partial charge in [-0.25, -0.2) is 8.42 Å². The van der Waals surface area contributed by atoms with Crippen LogP contribution in [0.3, 0.4) is 0 Å². The molecule has 2 aromatic carbocycles. The molecule has 0 radical (unpaired) electrons. The number of hydrogen-bond acceptors (Lipinski definition) is 4. The Labute approximate surface area is 155 Å². The van der Waals surface area contributed by atoms with Crippen LogP contribution in [0.15, 0.2) is 47.4 Å². The van der Waals surface area contributed by atoms with Gasteiger partial charge >= 0.3 is 0 Å². The molecule has 0 saturated carbocycles. The number of piperidine rings is 1. The van der Waals surface area contributed by atoms with Gasteiger partial charge in [0.05, 0.1) is 12.0 Å². The lowest BCUT2D eigenvalue weighted by atomic mass is 10.1. The molecule has 1 fully saturated rings. The molecule has 1 aliphatic heterocycles. The highest BCUT2D eigenvalue weighted by Gasteiger charge is 2.30. The summed E-state index contributed by atoms with van der Waals surface area (Å²) < 4.78 is 38.5. The number of rotatable bonds is 5. The average molecular weight is 375 g/mol. The summed E-state index contributed by atoms with van der Waals surface area (Å²) in [5, 5.41) is 0. The van der Waals surface area contributed by atoms with Crippen LogP contribution in [0.5, 0.6) is 11.5 Å². The van der Waals surface area contributed by atoms with Gasteiger partial charge in [-0.1, -0.05) is 17.7 Å². The van der Waals surface area contributed by atoms with Crippen molar-refractivity contribution >= 4 is 10.0 Å². The minimum Gasteiger partial charge on any atom is -0.496 e. The van der Waals surface area contributed by atoms with E-state index >= 15 is 0 Å². The summed E-state index contributed by atoms with van der Waals surface area (Å²) >= 11 is 0. The van der Waals surface area contributed by atoms with Gasteiger partial charge in [-0.3, -0.25) is 0 Å². The van der Waals surface area contributed by atoms with Crippen LogP contribution in [0.4, 0.5) is 0 Å². The fourth-order valence-corrected chi connectivity index (χ4v) is 4.72. The van der Waals surface area contributed by atoms with Gasteiger partial charge in [-0.05, 0) is 62.6 Å². The molecule has 0 atom stereocenters. The first-order valence-electron chi connectivity index (χ1n) is 8.78. The normalized spacial score (nSPS) is 16.4. The third-order valence-corrected chi connectivity index (χ3v) is 6.62. The van der Waals surface area contributed by atoms with Crippen molar-refractivity contribution in [2.75, 3.05) is 20.2 Å². The monoisotopic (exact) mass is 375 g/mol. The molecule has 1 aliphatic rings. The van der Waals surface area contributed by atoms with Gasteiger partial charge in [0.2, 0.25) is 10.0 Å². The van der Waals surface area contributed by atoms with Crippen molar-refractivity contribution < 1.29 is 17.9 Å². The Bertz CT molecular complexity index is 854. The zero-order chi connectivity index (χ0) is 18.7. The highest BCUT2D eigenvalue weighted by atomic mass is 32.2. The Balaban J connectivity index is 1.65. The molecule has 5 nitrogen and oxygen atoms in total. The van der Waals surface area contributed by atoms with Crippen molar-refractivity contribution in [3.63, 3.8) is 0 Å². The van der Waals surface area contributed by atoms with Crippen LogP contribution in [0.25, 0.3) is 0 Å². The lowest BCUT2D eigenvalue weighted by molar-refractivity contribution is 0.135. The molecule has 0 unspecified atom stereocenters. The number of ether oxygens (including phenoxy) is 2. The van der Waals surface area contributed by atoms with Crippen LogP contribution < -0.4 is 9.47 Å². The number of nitrogens with zero attached hydrogens (tertiary/aromatic N) is 1. The van der Waals surface area contributed by atoms with E-state index in [2.05, 4.69) is 0 Å². The van der Waals surface area contributed by atoms with Crippen LogP contribution in [0.1, 0.15) is 24.0 Å². The van der Waals surface area contributed by atoms with Crippen molar-refractivity contribution in [1.82, 2.24) is 4.31 Å². The maximum absolute atomic E-state index is 12.9. The van der Waals surface area contributed by atoms with E-state index in [1.807, 2.05) is 38.1 Å². The van der Waals surface area contributed by atoms with Gasteiger partial charge in [0, 0.05) is 13.1 Å². The average Bonchev–Trinajstić information content (AvgIpc) is 2.64. The molecular formula is C20H25NO4S. The minimum atomic E-state index is -3.49. The first-order valence-corrected chi connectivity index (χ1v) is 10.2. The number of aryl methyl sites for hydroxylation is 2. The molecule has 0 spiro atoms. The highest BCUT2D eigenvalue weighted by molar-refractivity contribution is 7.89. The van der Waals surface area contributed by atoms with E-state index in [-0.39, 0.29) is 6.10 Å². The molecule has 0 aliphatic carbocycles. The Morgan fingerprint density at radius 2 is 1.65 bits per heavy atom. The maximum Gasteiger partial charge on any atom is 0.243 e. The van der Waals surface area contributed by atoms with E-state index in [0.717, 1.165) is 11.3 Å². The number of sulfonamides is 1. The topological polar surface area (TPSA) is 55.8 Å². The van der Waals surface area contributed by atoms with Gasteiger partial charge in [0.1, 0.15) is 17.6 Å². The van der Waals surface area contributed by atoms with Gasteiger partial charge in [0.25, 0.3) is 0 Å². The zero-order valence-electron chi connectivity index (χ0n) is 15.4. The summed E-state index contributed by atoms with van der Waals surface area (Å²) in [6.07, 6.45) is 1.41. The van der Waals surface area contributed by atoms with Crippen molar-refractivity contribution in [1.29, 1.82) is 0 Å². The molecule has 0 amide bonds. The van der Waals surface area contributed by atoms with E-state index in [1.54, 1.807) is 29.6 Å². The third-order valence-electron chi connectivity index (χ3n) is 4.73. The Hall–Kier alpha value is -2.05. The quantitative estimate of drug-likeness (QED) is 0.802. The van der Waals surface area contributed by atoms with E-state index in [4.69, 9.17) is 9.47 Å². The SMILES string of the molecule is COc1ccc(S(=O)(=O)N2CCC(Oc3ccc(C)cc3)CC2)cc1C. The van der Waals surface area contributed by atoms with Crippen molar-refractivity contribution in [2.45, 2.75) is 37.7 Å². The predicted octanol–water partition coefficient (Wildman–Crippen LogP) is 3.54. The van der Waals surface area contributed by atoms with Crippen molar-refractivity contribution in [2.24, 2.45) is 0 Å². The van der Waals surface area contributed by atoms with E-state index < -0.39 is 10.0 Å². The molecule has 140 valence electrons. The van der Waals surface area contributed by atoms with Crippen molar-refractivity contribution in [3.8, 4) is 11.5 Å². The standard InChI is InChI=1S/C20H25NO4S/c1-15-4-6-17(7-5-15)25-18-10-12-21(13-11-18)26(22,23)19-8-9-20(24-3)16(2)14-19/h4-9,14,18H,10-13H2,1-3H3. The van der Waals surface area contributed by atoms with E-state index in [0.29, 0.717) is 36.6 Å². The van der Waals surface area contributed by atoms with Crippen LogP contribution in [-0.4, -0.2) is 39.0 Å². The van der Waals surface area contributed by atoms with Gasteiger partial charge in [0.15, 0.2) is 0 Å². The molecule has 0 aromatic heterocycles. The molecule has 6 heteroatoms. The Morgan fingerprint density at radius 3 is 2.23 bits per heavy atom. The molecule has 0 bridgehead atoms. The summed E-state index contributed by atoms with van der Waals surface area (Å²) in [4.78, 5) is 0.314. The molecule has 26 heavy (non-hydrogen) atoms. The molecular weight excluding hydrogens is 350 g/mol. The summed E-state index contributed by atoms with van der Waals surface area (Å²) in [7, 11) is -1.91.